The first kappa shape index (κ1) is 23.6. The van der Waals surface area contributed by atoms with E-state index < -0.39 is 25.0 Å². The summed E-state index contributed by atoms with van der Waals surface area (Å²) in [5.74, 6) is 0. The number of benzene rings is 2. The molecule has 0 saturated carbocycles. The van der Waals surface area contributed by atoms with Crippen molar-refractivity contribution in [2.75, 3.05) is 30.7 Å². The molecule has 2 aromatic carbocycles. The first-order valence-corrected chi connectivity index (χ1v) is 11.8. The third kappa shape index (κ3) is 4.71. The van der Waals surface area contributed by atoms with Crippen molar-refractivity contribution in [3.8, 4) is 0 Å². The Labute approximate surface area is 176 Å². The van der Waals surface area contributed by atoms with Gasteiger partial charge in [0.05, 0.1) is 26.1 Å². The van der Waals surface area contributed by atoms with Crippen LogP contribution in [-0.4, -0.2) is 46.7 Å². The van der Waals surface area contributed by atoms with E-state index in [2.05, 4.69) is 10.0 Å². The molecule has 0 aromatic heterocycles. The van der Waals surface area contributed by atoms with Crippen LogP contribution in [-0.2, 0) is 20.0 Å². The van der Waals surface area contributed by atoms with Gasteiger partial charge in [0.2, 0.25) is 10.0 Å². The largest absolute Gasteiger partial charge is 0.384 e. The summed E-state index contributed by atoms with van der Waals surface area (Å²) in [6.45, 7) is 5.39. The van der Waals surface area contributed by atoms with Crippen LogP contribution in [0.2, 0.25) is 0 Å². The first-order chi connectivity index (χ1) is 13.8. The molecule has 0 saturated heterocycles. The van der Waals surface area contributed by atoms with Crippen LogP contribution >= 0.6 is 0 Å². The summed E-state index contributed by atoms with van der Waals surface area (Å²) in [5, 5.41) is 14.1. The van der Waals surface area contributed by atoms with Crippen LogP contribution in [0.4, 0.5) is 17.1 Å². The highest BCUT2D eigenvalue weighted by Crippen LogP contribution is 2.31. The molecule has 2 rings (SSSR count). The lowest BCUT2D eigenvalue weighted by Gasteiger charge is -2.18. The van der Waals surface area contributed by atoms with Crippen molar-refractivity contribution in [3.63, 3.8) is 0 Å². The normalized spacial score (nSPS) is 12.1. The van der Waals surface area contributed by atoms with Crippen molar-refractivity contribution in [2.24, 2.45) is 0 Å². The van der Waals surface area contributed by atoms with Crippen molar-refractivity contribution in [1.29, 1.82) is 0 Å². The molecule has 0 atom stereocenters. The summed E-state index contributed by atoms with van der Waals surface area (Å²) >= 11 is 0. The van der Waals surface area contributed by atoms with Gasteiger partial charge in [-0.3, -0.25) is 14.8 Å². The van der Waals surface area contributed by atoms with Gasteiger partial charge < -0.3 is 5.32 Å². The maximum atomic E-state index is 13.1. The Kier molecular flexibility index (Phi) is 6.74. The number of nitro groups is 1. The number of aryl methyl sites for hydroxylation is 1. The summed E-state index contributed by atoms with van der Waals surface area (Å²) in [5.41, 5.74) is 0.840. The molecule has 0 spiro atoms. The number of nitro benzene ring substituents is 1. The van der Waals surface area contributed by atoms with E-state index in [0.29, 0.717) is 23.4 Å². The number of non-ortho nitro benzene ring substituents is 1. The summed E-state index contributed by atoms with van der Waals surface area (Å²) in [4.78, 5) is 10.2. The standard InChI is InChI=1S/C18H24N4O6S2/c1-6-19-16-8-7-15(30(27,28)21(4)5)11-17(16)20-29(25,26)18-10-14(22(23)24)9-12(2)13(18)3/h7-11,19-20H,6H2,1-5H3. The van der Waals surface area contributed by atoms with Crippen molar-refractivity contribution in [2.45, 2.75) is 30.6 Å². The van der Waals surface area contributed by atoms with Crippen molar-refractivity contribution < 1.29 is 21.8 Å². The summed E-state index contributed by atoms with van der Waals surface area (Å²) in [6.07, 6.45) is 0. The number of hydrogen-bond acceptors (Lipinski definition) is 7. The SMILES string of the molecule is CCNc1ccc(S(=O)(=O)N(C)C)cc1NS(=O)(=O)c1cc([N+](=O)[O-])cc(C)c1C. The van der Waals surface area contributed by atoms with Crippen LogP contribution in [0.1, 0.15) is 18.1 Å². The molecule has 0 unspecified atom stereocenters. The fourth-order valence-corrected chi connectivity index (χ4v) is 5.05. The predicted molar refractivity (Wildman–Crippen MR) is 115 cm³/mol. The average Bonchev–Trinajstić information content (AvgIpc) is 2.64. The number of rotatable bonds is 8. The number of hydrogen-bond donors (Lipinski definition) is 2. The second-order valence-electron chi connectivity index (χ2n) is 6.77. The van der Waals surface area contributed by atoms with Gasteiger partial charge in [0, 0.05) is 32.8 Å². The molecule has 2 aromatic rings. The molecular weight excluding hydrogens is 432 g/mol. The zero-order valence-corrected chi connectivity index (χ0v) is 18.9. The minimum atomic E-state index is -4.25. The third-order valence-corrected chi connectivity index (χ3v) is 7.79. The van der Waals surface area contributed by atoms with Gasteiger partial charge in [-0.15, -0.1) is 0 Å². The topological polar surface area (TPSA) is 139 Å². The molecule has 0 radical (unpaired) electrons. The predicted octanol–water partition coefficient (Wildman–Crippen LogP) is 2.69. The van der Waals surface area contributed by atoms with E-state index in [0.717, 1.165) is 10.4 Å². The molecule has 0 fully saturated rings. The summed E-state index contributed by atoms with van der Waals surface area (Å²) in [6, 6.07) is 6.32. The first-order valence-electron chi connectivity index (χ1n) is 8.90. The van der Waals surface area contributed by atoms with E-state index in [-0.39, 0.29) is 21.2 Å². The van der Waals surface area contributed by atoms with E-state index in [1.54, 1.807) is 20.8 Å². The molecule has 10 nitrogen and oxygen atoms in total. The van der Waals surface area contributed by atoms with E-state index in [1.807, 2.05) is 0 Å². The Morgan fingerprint density at radius 2 is 1.67 bits per heavy atom. The second kappa shape index (κ2) is 8.58. The Hall–Kier alpha value is -2.70. The van der Waals surface area contributed by atoms with E-state index >= 15 is 0 Å². The molecule has 0 amide bonds. The monoisotopic (exact) mass is 456 g/mol. The zero-order chi connectivity index (χ0) is 22.9. The number of nitrogens with zero attached hydrogens (tertiary/aromatic N) is 2. The quantitative estimate of drug-likeness (QED) is 0.460. The van der Waals surface area contributed by atoms with Gasteiger partial charge in [-0.1, -0.05) is 0 Å². The molecular formula is C18H24N4O6S2. The molecule has 0 aliphatic carbocycles. The van der Waals surface area contributed by atoms with E-state index in [4.69, 9.17) is 0 Å². The average molecular weight is 457 g/mol. The van der Waals surface area contributed by atoms with Gasteiger partial charge in [-0.05, 0) is 50.1 Å². The molecule has 12 heteroatoms. The molecule has 0 heterocycles. The fourth-order valence-electron chi connectivity index (χ4n) is 2.72. The highest BCUT2D eigenvalue weighted by molar-refractivity contribution is 7.92. The van der Waals surface area contributed by atoms with Crippen LogP contribution in [0, 0.1) is 24.0 Å². The van der Waals surface area contributed by atoms with E-state index in [1.165, 1.54) is 38.4 Å². The second-order valence-corrected chi connectivity index (χ2v) is 10.6. The number of sulfonamides is 2. The summed E-state index contributed by atoms with van der Waals surface area (Å²) in [7, 11) is -5.32. The molecule has 2 N–H and O–H groups in total. The van der Waals surface area contributed by atoms with Crippen LogP contribution in [0.25, 0.3) is 0 Å². The van der Waals surface area contributed by atoms with Crippen LogP contribution in [0.15, 0.2) is 40.1 Å². The molecule has 164 valence electrons. The lowest BCUT2D eigenvalue weighted by Crippen LogP contribution is -2.23. The zero-order valence-electron chi connectivity index (χ0n) is 17.3. The smallest absolute Gasteiger partial charge is 0.271 e. The Bertz CT molecular complexity index is 1190. The van der Waals surface area contributed by atoms with Gasteiger partial charge in [-0.25, -0.2) is 21.1 Å². The van der Waals surface area contributed by atoms with Gasteiger partial charge in [0.25, 0.3) is 15.7 Å². The lowest BCUT2D eigenvalue weighted by molar-refractivity contribution is -0.385. The van der Waals surface area contributed by atoms with Gasteiger partial charge in [0.15, 0.2) is 0 Å². The van der Waals surface area contributed by atoms with Crippen molar-refractivity contribution >= 4 is 37.1 Å². The van der Waals surface area contributed by atoms with Crippen LogP contribution in [0.3, 0.4) is 0 Å². The third-order valence-electron chi connectivity index (χ3n) is 4.49. The maximum absolute atomic E-state index is 13.1. The summed E-state index contributed by atoms with van der Waals surface area (Å²) < 4.78 is 54.5. The Balaban J connectivity index is 2.64. The Morgan fingerprint density at radius 1 is 1.03 bits per heavy atom. The van der Waals surface area contributed by atoms with Crippen molar-refractivity contribution in [1.82, 2.24) is 4.31 Å². The minimum absolute atomic E-state index is 0.0170. The molecule has 0 aliphatic rings. The highest BCUT2D eigenvalue weighted by atomic mass is 32.2. The van der Waals surface area contributed by atoms with Gasteiger partial charge >= 0.3 is 0 Å². The maximum Gasteiger partial charge on any atom is 0.271 e. The number of anilines is 2. The molecule has 30 heavy (non-hydrogen) atoms. The molecule has 0 bridgehead atoms. The highest BCUT2D eigenvalue weighted by Gasteiger charge is 2.25. The fraction of sp³-hybridized carbons (Fsp3) is 0.333. The lowest BCUT2D eigenvalue weighted by atomic mass is 10.1. The molecule has 0 aliphatic heterocycles. The van der Waals surface area contributed by atoms with E-state index in [9.17, 15) is 26.9 Å². The van der Waals surface area contributed by atoms with Gasteiger partial charge in [-0.2, -0.15) is 0 Å². The number of nitrogens with one attached hydrogen (secondary N) is 2. The van der Waals surface area contributed by atoms with Crippen LogP contribution < -0.4 is 10.0 Å². The van der Waals surface area contributed by atoms with Gasteiger partial charge in [0.1, 0.15) is 0 Å². The minimum Gasteiger partial charge on any atom is -0.384 e. The Morgan fingerprint density at radius 3 is 2.20 bits per heavy atom. The van der Waals surface area contributed by atoms with Crippen LogP contribution in [0.5, 0.6) is 0 Å². The van der Waals surface area contributed by atoms with Crippen molar-refractivity contribution in [3.05, 3.63) is 51.6 Å².